The highest BCUT2D eigenvalue weighted by Crippen LogP contribution is 2.24. The summed E-state index contributed by atoms with van der Waals surface area (Å²) in [6.45, 7) is 0. The minimum atomic E-state index is -0.658. The van der Waals surface area contributed by atoms with Crippen LogP contribution in [0.5, 0.6) is 5.75 Å². The summed E-state index contributed by atoms with van der Waals surface area (Å²) in [6, 6.07) is 12.4. The molecule has 0 aromatic heterocycles. The van der Waals surface area contributed by atoms with E-state index in [9.17, 15) is 9.50 Å². The maximum atomic E-state index is 13.6. The minimum absolute atomic E-state index is 0.212. The Morgan fingerprint density at radius 3 is 2.33 bits per heavy atom. The number of nitrogens with zero attached hydrogens (tertiary/aromatic N) is 1. The lowest BCUT2D eigenvalue weighted by Crippen LogP contribution is -2.09. The Balaban J connectivity index is 2.10. The second-order valence-electron chi connectivity index (χ2n) is 5.17. The summed E-state index contributed by atoms with van der Waals surface area (Å²) in [5.41, 5.74) is 2.62. The number of hydrogen-bond donors (Lipinski definition) is 1. The van der Waals surface area contributed by atoms with E-state index >= 15 is 0 Å². The third kappa shape index (κ3) is 3.73. The number of rotatable bonds is 5. The predicted molar refractivity (Wildman–Crippen MR) is 82.4 cm³/mol. The van der Waals surface area contributed by atoms with Crippen LogP contribution < -0.4 is 9.64 Å². The zero-order valence-corrected chi connectivity index (χ0v) is 12.5. The molecular weight excluding hydrogens is 269 g/mol. The van der Waals surface area contributed by atoms with Crippen molar-refractivity contribution in [1.29, 1.82) is 0 Å². The summed E-state index contributed by atoms with van der Waals surface area (Å²) in [4.78, 5) is 2.00. The quantitative estimate of drug-likeness (QED) is 0.917. The van der Waals surface area contributed by atoms with Crippen molar-refractivity contribution in [2.24, 2.45) is 0 Å². The minimum Gasteiger partial charge on any atom is -0.494 e. The molecule has 1 atom stereocenters. The van der Waals surface area contributed by atoms with Gasteiger partial charge in [-0.25, -0.2) is 4.39 Å². The van der Waals surface area contributed by atoms with Crippen LogP contribution in [0.4, 0.5) is 10.1 Å². The molecule has 0 saturated heterocycles. The van der Waals surface area contributed by atoms with Gasteiger partial charge in [-0.05, 0) is 35.4 Å². The number of anilines is 1. The van der Waals surface area contributed by atoms with Gasteiger partial charge in [-0.15, -0.1) is 0 Å². The normalized spacial score (nSPS) is 12.0. The third-order valence-corrected chi connectivity index (χ3v) is 3.44. The summed E-state index contributed by atoms with van der Waals surface area (Å²) in [5.74, 6) is -0.200. The second-order valence-corrected chi connectivity index (χ2v) is 5.17. The van der Waals surface area contributed by atoms with Crippen molar-refractivity contribution in [2.75, 3.05) is 26.1 Å². The van der Waals surface area contributed by atoms with E-state index in [1.165, 1.54) is 13.2 Å². The van der Waals surface area contributed by atoms with Crippen LogP contribution in [0.2, 0.25) is 0 Å². The number of ether oxygens (including phenoxy) is 1. The van der Waals surface area contributed by atoms with E-state index in [2.05, 4.69) is 0 Å². The van der Waals surface area contributed by atoms with E-state index in [1.54, 1.807) is 12.1 Å². The van der Waals surface area contributed by atoms with Crippen LogP contribution in [0.3, 0.4) is 0 Å². The first-order chi connectivity index (χ1) is 10.0. The highest BCUT2D eigenvalue weighted by molar-refractivity contribution is 5.46. The fourth-order valence-corrected chi connectivity index (χ4v) is 2.17. The summed E-state index contributed by atoms with van der Waals surface area (Å²) in [6.07, 6.45) is -0.295. The monoisotopic (exact) mass is 289 g/mol. The van der Waals surface area contributed by atoms with E-state index in [4.69, 9.17) is 4.74 Å². The fraction of sp³-hybridized carbons (Fsp3) is 0.294. The van der Waals surface area contributed by atoms with Gasteiger partial charge >= 0.3 is 0 Å². The van der Waals surface area contributed by atoms with Gasteiger partial charge in [0.1, 0.15) is 0 Å². The predicted octanol–water partition coefficient (Wildman–Crippen LogP) is 3.18. The van der Waals surface area contributed by atoms with E-state index in [0.717, 1.165) is 16.8 Å². The molecule has 21 heavy (non-hydrogen) atoms. The van der Waals surface area contributed by atoms with Crippen LogP contribution >= 0.6 is 0 Å². The molecule has 0 radical (unpaired) electrons. The molecule has 0 bridgehead atoms. The van der Waals surface area contributed by atoms with Crippen molar-refractivity contribution in [3.05, 3.63) is 59.4 Å². The van der Waals surface area contributed by atoms with Gasteiger partial charge in [-0.1, -0.05) is 18.2 Å². The molecule has 0 spiro atoms. The van der Waals surface area contributed by atoms with Gasteiger partial charge in [0, 0.05) is 26.2 Å². The Morgan fingerprint density at radius 2 is 1.81 bits per heavy atom. The maximum Gasteiger partial charge on any atom is 0.165 e. The van der Waals surface area contributed by atoms with E-state index in [-0.39, 0.29) is 5.75 Å². The van der Waals surface area contributed by atoms with Crippen LogP contribution in [-0.4, -0.2) is 26.3 Å². The maximum absolute atomic E-state index is 13.6. The number of aliphatic hydroxyl groups excluding tert-OH is 1. The molecule has 2 aromatic carbocycles. The Hall–Kier alpha value is -2.07. The molecule has 0 aliphatic carbocycles. The van der Waals surface area contributed by atoms with E-state index in [0.29, 0.717) is 6.42 Å². The van der Waals surface area contributed by atoms with Gasteiger partial charge in [0.15, 0.2) is 11.6 Å². The molecular formula is C17H20FNO2. The standard InChI is InChI=1S/C17H20FNO2/c1-19(2)14-7-5-13(6-8-14)16(20)11-12-4-9-17(21-3)15(18)10-12/h4-10,16,20H,11H2,1-3H3. The molecule has 1 N–H and O–H groups in total. The highest BCUT2D eigenvalue weighted by Gasteiger charge is 2.11. The molecule has 3 nitrogen and oxygen atoms in total. The van der Waals surface area contributed by atoms with Gasteiger partial charge < -0.3 is 14.7 Å². The first-order valence-electron chi connectivity index (χ1n) is 6.79. The van der Waals surface area contributed by atoms with Crippen molar-refractivity contribution < 1.29 is 14.2 Å². The third-order valence-electron chi connectivity index (χ3n) is 3.44. The highest BCUT2D eigenvalue weighted by atomic mass is 19.1. The lowest BCUT2D eigenvalue weighted by atomic mass is 10.0. The summed E-state index contributed by atoms with van der Waals surface area (Å²) >= 11 is 0. The largest absolute Gasteiger partial charge is 0.494 e. The van der Waals surface area contributed by atoms with Crippen molar-refractivity contribution in [1.82, 2.24) is 0 Å². The van der Waals surface area contributed by atoms with Crippen LogP contribution in [0.25, 0.3) is 0 Å². The van der Waals surface area contributed by atoms with Crippen molar-refractivity contribution in [3.8, 4) is 5.75 Å². The lowest BCUT2D eigenvalue weighted by Gasteiger charge is -2.15. The Kier molecular flexibility index (Phi) is 4.81. The fourth-order valence-electron chi connectivity index (χ4n) is 2.17. The zero-order chi connectivity index (χ0) is 15.4. The Labute approximate surface area is 124 Å². The van der Waals surface area contributed by atoms with Crippen molar-refractivity contribution in [2.45, 2.75) is 12.5 Å². The van der Waals surface area contributed by atoms with Crippen molar-refractivity contribution >= 4 is 5.69 Å². The van der Waals surface area contributed by atoms with Gasteiger partial charge in [-0.2, -0.15) is 0 Å². The molecule has 4 heteroatoms. The summed E-state index contributed by atoms with van der Waals surface area (Å²) in [7, 11) is 5.36. The first-order valence-corrected chi connectivity index (χ1v) is 6.79. The average Bonchev–Trinajstić information content (AvgIpc) is 2.47. The number of halogens is 1. The molecule has 0 fully saturated rings. The smallest absolute Gasteiger partial charge is 0.165 e. The number of benzene rings is 2. The van der Waals surface area contributed by atoms with Gasteiger partial charge in [-0.3, -0.25) is 0 Å². The average molecular weight is 289 g/mol. The molecule has 0 saturated carbocycles. The van der Waals surface area contributed by atoms with Crippen molar-refractivity contribution in [3.63, 3.8) is 0 Å². The van der Waals surface area contributed by atoms with Crippen LogP contribution in [0.1, 0.15) is 17.2 Å². The second kappa shape index (κ2) is 6.59. The number of aliphatic hydroxyl groups is 1. The molecule has 2 aromatic rings. The summed E-state index contributed by atoms with van der Waals surface area (Å²) in [5, 5.41) is 10.3. The molecule has 0 aliphatic heterocycles. The topological polar surface area (TPSA) is 32.7 Å². The SMILES string of the molecule is COc1ccc(CC(O)c2ccc(N(C)C)cc2)cc1F. The lowest BCUT2D eigenvalue weighted by molar-refractivity contribution is 0.178. The van der Waals surface area contributed by atoms with E-state index < -0.39 is 11.9 Å². The van der Waals surface area contributed by atoms with Gasteiger partial charge in [0.2, 0.25) is 0 Å². The molecule has 0 aliphatic rings. The first kappa shape index (κ1) is 15.3. The Bertz CT molecular complexity index is 596. The number of methoxy groups -OCH3 is 1. The van der Waals surface area contributed by atoms with E-state index in [1.807, 2.05) is 43.3 Å². The molecule has 112 valence electrons. The van der Waals surface area contributed by atoms with Crippen LogP contribution in [0.15, 0.2) is 42.5 Å². The molecule has 1 unspecified atom stereocenters. The molecule has 0 heterocycles. The molecule has 0 amide bonds. The van der Waals surface area contributed by atoms with Crippen LogP contribution in [-0.2, 0) is 6.42 Å². The zero-order valence-electron chi connectivity index (χ0n) is 12.5. The van der Waals surface area contributed by atoms with Gasteiger partial charge in [0.25, 0.3) is 0 Å². The number of hydrogen-bond acceptors (Lipinski definition) is 3. The molecule has 2 rings (SSSR count). The van der Waals surface area contributed by atoms with Crippen LogP contribution in [0, 0.1) is 5.82 Å². The summed E-state index contributed by atoms with van der Waals surface area (Å²) < 4.78 is 18.5. The van der Waals surface area contributed by atoms with Gasteiger partial charge in [0.05, 0.1) is 13.2 Å². The Morgan fingerprint density at radius 1 is 1.14 bits per heavy atom.